The summed E-state index contributed by atoms with van der Waals surface area (Å²) in [5, 5.41) is 0. The highest BCUT2D eigenvalue weighted by atomic mass is 79.9. The topological polar surface area (TPSA) is 51.7 Å². The lowest BCUT2D eigenvalue weighted by Crippen LogP contribution is -2.28. The lowest BCUT2D eigenvalue weighted by Gasteiger charge is -2.24. The molecule has 1 heterocycles. The van der Waals surface area contributed by atoms with Crippen LogP contribution in [0.1, 0.15) is 23.6 Å². The van der Waals surface area contributed by atoms with Gasteiger partial charge in [-0.3, -0.25) is 4.79 Å². The van der Waals surface area contributed by atoms with Crippen LogP contribution in [0.2, 0.25) is 0 Å². The van der Waals surface area contributed by atoms with E-state index < -0.39 is 0 Å². The summed E-state index contributed by atoms with van der Waals surface area (Å²) < 4.78 is 12.2. The molecule has 0 fully saturated rings. The average Bonchev–Trinajstić information content (AvgIpc) is 2.70. The molecule has 0 aliphatic rings. The maximum absolute atomic E-state index is 12.5. The van der Waals surface area contributed by atoms with Gasteiger partial charge in [-0.15, -0.1) is 0 Å². The van der Waals surface area contributed by atoms with E-state index in [2.05, 4.69) is 20.9 Å². The number of carbonyl (C=O) groups excluding carboxylic acids is 1. The Kier molecular flexibility index (Phi) is 6.54. The number of aryl methyl sites for hydroxylation is 1. The van der Waals surface area contributed by atoms with Gasteiger partial charge in [0, 0.05) is 12.5 Å². The summed E-state index contributed by atoms with van der Waals surface area (Å²) in [7, 11) is 1.62. The van der Waals surface area contributed by atoms with Gasteiger partial charge in [0.25, 0.3) is 0 Å². The number of methoxy groups -OCH3 is 1. The largest absolute Gasteiger partial charge is 0.496 e. The number of benzene rings is 2. The second kappa shape index (κ2) is 9.09. The van der Waals surface area contributed by atoms with Gasteiger partial charge in [-0.25, -0.2) is 4.98 Å². The Morgan fingerprint density at radius 3 is 2.48 bits per heavy atom. The fraction of sp³-hybridized carbons (Fsp3) is 0.217. The first-order chi connectivity index (χ1) is 13.9. The molecule has 0 aliphatic carbocycles. The number of nitrogens with zero attached hydrogens (tertiary/aromatic N) is 2. The molecular weight excluding hydrogens is 432 g/mol. The van der Waals surface area contributed by atoms with Gasteiger partial charge in [0.15, 0.2) is 0 Å². The van der Waals surface area contributed by atoms with Gasteiger partial charge < -0.3 is 14.4 Å². The molecule has 150 valence electrons. The summed E-state index contributed by atoms with van der Waals surface area (Å²) in [6, 6.07) is 17.1. The molecule has 3 rings (SSSR count). The summed E-state index contributed by atoms with van der Waals surface area (Å²) in [4.78, 5) is 18.7. The lowest BCUT2D eigenvalue weighted by molar-refractivity contribution is -0.116. The summed E-state index contributed by atoms with van der Waals surface area (Å²) in [6.07, 6.45) is 0. The molecule has 0 bridgehead atoms. The van der Waals surface area contributed by atoms with Crippen LogP contribution >= 0.6 is 15.9 Å². The van der Waals surface area contributed by atoms with Gasteiger partial charge in [-0.2, -0.15) is 0 Å². The molecule has 2 aromatic carbocycles. The minimum Gasteiger partial charge on any atom is -0.496 e. The van der Waals surface area contributed by atoms with E-state index in [1.165, 1.54) is 6.92 Å². The van der Waals surface area contributed by atoms with Crippen molar-refractivity contribution in [2.24, 2.45) is 0 Å². The van der Waals surface area contributed by atoms with Crippen molar-refractivity contribution in [3.63, 3.8) is 0 Å². The van der Waals surface area contributed by atoms with Gasteiger partial charge >= 0.3 is 0 Å². The zero-order chi connectivity index (χ0) is 21.0. The summed E-state index contributed by atoms with van der Waals surface area (Å²) in [5.41, 5.74) is 3.63. The zero-order valence-electron chi connectivity index (χ0n) is 16.9. The quantitative estimate of drug-likeness (QED) is 0.440. The average molecular weight is 455 g/mol. The normalized spacial score (nSPS) is 10.5. The number of anilines is 1. The van der Waals surface area contributed by atoms with Crippen LogP contribution in [0.15, 0.2) is 59.2 Å². The highest BCUT2D eigenvalue weighted by Gasteiger charge is 2.21. The molecule has 1 amide bonds. The lowest BCUT2D eigenvalue weighted by atomic mass is 10.1. The van der Waals surface area contributed by atoms with Gasteiger partial charge in [0.05, 0.1) is 13.7 Å². The second-order valence-electron chi connectivity index (χ2n) is 6.68. The number of amides is 1. The Hall–Kier alpha value is -2.86. The predicted molar refractivity (Wildman–Crippen MR) is 118 cm³/mol. The van der Waals surface area contributed by atoms with Crippen LogP contribution in [0, 0.1) is 13.8 Å². The summed E-state index contributed by atoms with van der Waals surface area (Å²) in [6.45, 7) is 5.89. The number of pyridine rings is 1. The van der Waals surface area contributed by atoms with Crippen LogP contribution in [0.5, 0.6) is 17.4 Å². The monoisotopic (exact) mass is 454 g/mol. The van der Waals surface area contributed by atoms with Crippen molar-refractivity contribution in [2.75, 3.05) is 12.0 Å². The number of carbonyl (C=O) groups is 1. The first-order valence-electron chi connectivity index (χ1n) is 9.21. The Labute approximate surface area is 179 Å². The number of rotatable bonds is 6. The maximum atomic E-state index is 12.5. The van der Waals surface area contributed by atoms with E-state index >= 15 is 0 Å². The van der Waals surface area contributed by atoms with Crippen LogP contribution in [0.25, 0.3) is 0 Å². The molecule has 1 aromatic heterocycles. The fourth-order valence-electron chi connectivity index (χ4n) is 3.00. The Balaban J connectivity index is 2.03. The van der Waals surface area contributed by atoms with E-state index in [1.54, 1.807) is 18.1 Å². The standard InChI is InChI=1S/C23H23BrN2O3/c1-15-8-7-11-20(16(15)2)29-23-19(12-13-22(24)25-23)26(17(3)27)14-18-9-5-6-10-21(18)28-4/h5-13H,14H2,1-4H3. The molecule has 0 saturated carbocycles. The molecule has 0 N–H and O–H groups in total. The van der Waals surface area contributed by atoms with Crippen LogP contribution in [0.3, 0.4) is 0 Å². The number of halogens is 1. The van der Waals surface area contributed by atoms with E-state index in [0.717, 1.165) is 22.4 Å². The third-order valence-electron chi connectivity index (χ3n) is 4.76. The van der Waals surface area contributed by atoms with Crippen LogP contribution in [-0.4, -0.2) is 18.0 Å². The molecule has 0 atom stereocenters. The fourth-order valence-corrected chi connectivity index (χ4v) is 3.29. The minimum atomic E-state index is -0.120. The first-order valence-corrected chi connectivity index (χ1v) is 10.0. The number of para-hydroxylation sites is 1. The van der Waals surface area contributed by atoms with E-state index in [9.17, 15) is 4.79 Å². The summed E-state index contributed by atoms with van der Waals surface area (Å²) >= 11 is 3.40. The Bertz CT molecular complexity index is 1040. The number of ether oxygens (including phenoxy) is 2. The molecule has 0 radical (unpaired) electrons. The molecule has 0 saturated heterocycles. The predicted octanol–water partition coefficient (Wildman–Crippen LogP) is 5.81. The molecule has 5 nitrogen and oxygen atoms in total. The van der Waals surface area contributed by atoms with E-state index in [4.69, 9.17) is 9.47 Å². The molecule has 3 aromatic rings. The molecule has 0 spiro atoms. The van der Waals surface area contributed by atoms with E-state index in [1.807, 2.05) is 62.4 Å². The van der Waals surface area contributed by atoms with Crippen molar-refractivity contribution >= 4 is 27.5 Å². The van der Waals surface area contributed by atoms with Gasteiger partial charge in [0.2, 0.25) is 11.8 Å². The van der Waals surface area contributed by atoms with Crippen LogP contribution in [0.4, 0.5) is 5.69 Å². The van der Waals surface area contributed by atoms with Gasteiger partial charge in [0.1, 0.15) is 21.8 Å². The van der Waals surface area contributed by atoms with Crippen LogP contribution in [-0.2, 0) is 11.3 Å². The third-order valence-corrected chi connectivity index (χ3v) is 5.20. The highest BCUT2D eigenvalue weighted by molar-refractivity contribution is 9.10. The van der Waals surface area contributed by atoms with Crippen molar-refractivity contribution in [1.82, 2.24) is 4.98 Å². The molecule has 6 heteroatoms. The maximum Gasteiger partial charge on any atom is 0.244 e. The van der Waals surface area contributed by atoms with E-state index in [-0.39, 0.29) is 5.91 Å². The Morgan fingerprint density at radius 2 is 1.76 bits per heavy atom. The van der Waals surface area contributed by atoms with Crippen molar-refractivity contribution in [1.29, 1.82) is 0 Å². The smallest absolute Gasteiger partial charge is 0.244 e. The molecular formula is C23H23BrN2O3. The molecule has 0 unspecified atom stereocenters. The van der Waals surface area contributed by atoms with Crippen LogP contribution < -0.4 is 14.4 Å². The molecule has 0 aliphatic heterocycles. The minimum absolute atomic E-state index is 0.120. The number of aromatic nitrogens is 1. The van der Waals surface area contributed by atoms with Crippen molar-refractivity contribution in [3.8, 4) is 17.4 Å². The number of hydrogen-bond donors (Lipinski definition) is 0. The van der Waals surface area contributed by atoms with Gasteiger partial charge in [-0.05, 0) is 65.2 Å². The highest BCUT2D eigenvalue weighted by Crippen LogP contribution is 2.35. The second-order valence-corrected chi connectivity index (χ2v) is 7.49. The SMILES string of the molecule is COc1ccccc1CN(C(C)=O)c1ccc(Br)nc1Oc1cccc(C)c1C. The van der Waals surface area contributed by atoms with E-state index in [0.29, 0.717) is 28.5 Å². The number of hydrogen-bond acceptors (Lipinski definition) is 4. The van der Waals surface area contributed by atoms with Gasteiger partial charge in [-0.1, -0.05) is 30.3 Å². The molecule has 29 heavy (non-hydrogen) atoms. The van der Waals surface area contributed by atoms with Crippen molar-refractivity contribution in [2.45, 2.75) is 27.3 Å². The summed E-state index contributed by atoms with van der Waals surface area (Å²) in [5.74, 6) is 1.67. The zero-order valence-corrected chi connectivity index (χ0v) is 18.5. The first kappa shape index (κ1) is 20.9. The Morgan fingerprint density at radius 1 is 1.03 bits per heavy atom. The van der Waals surface area contributed by atoms with Crippen molar-refractivity contribution in [3.05, 3.63) is 75.9 Å². The third kappa shape index (κ3) is 4.77. The van der Waals surface area contributed by atoms with Crippen molar-refractivity contribution < 1.29 is 14.3 Å².